The quantitative estimate of drug-likeness (QED) is 0.504. The van der Waals surface area contributed by atoms with Crippen LogP contribution in [-0.2, 0) is 4.79 Å². The molecule has 0 radical (unpaired) electrons. The molecule has 154 valence electrons. The largest absolute Gasteiger partial charge is 0.479 e. The highest BCUT2D eigenvalue weighted by Crippen LogP contribution is 2.33. The van der Waals surface area contributed by atoms with Crippen LogP contribution in [0.1, 0.15) is 23.0 Å². The Bertz CT molecular complexity index is 1340. The highest BCUT2D eigenvalue weighted by molar-refractivity contribution is 6.13. The van der Waals surface area contributed by atoms with Gasteiger partial charge in [0.05, 0.1) is 16.8 Å². The molecule has 2 amide bonds. The standard InChI is InChI=1S/C24H19N3O4/c1-13-7-9-21(30-13)20-12-17(16-5-3-4-6-18(16)26-20)24(29)25-15-8-10-22-19(11-15)27-23(28)14(2)31-22/h3-12,14H,1-2H3,(H,25,29)(H,27,28). The van der Waals surface area contributed by atoms with E-state index in [0.29, 0.717) is 39.7 Å². The third-order valence-corrected chi connectivity index (χ3v) is 5.12. The van der Waals surface area contributed by atoms with Crippen molar-refractivity contribution in [2.24, 2.45) is 0 Å². The number of aryl methyl sites for hydroxylation is 1. The van der Waals surface area contributed by atoms with Crippen molar-refractivity contribution >= 4 is 34.1 Å². The van der Waals surface area contributed by atoms with Crippen LogP contribution < -0.4 is 15.4 Å². The van der Waals surface area contributed by atoms with Gasteiger partial charge in [-0.25, -0.2) is 4.98 Å². The minimum atomic E-state index is -0.556. The Morgan fingerprint density at radius 1 is 1.10 bits per heavy atom. The third kappa shape index (κ3) is 3.50. The highest BCUT2D eigenvalue weighted by Gasteiger charge is 2.24. The second kappa shape index (κ2) is 7.28. The zero-order chi connectivity index (χ0) is 21.5. The van der Waals surface area contributed by atoms with E-state index in [4.69, 9.17) is 9.15 Å². The molecule has 1 atom stereocenters. The van der Waals surface area contributed by atoms with E-state index in [9.17, 15) is 9.59 Å². The van der Waals surface area contributed by atoms with Gasteiger partial charge >= 0.3 is 0 Å². The average molecular weight is 413 g/mol. The van der Waals surface area contributed by atoms with Gasteiger partial charge in [-0.1, -0.05) is 18.2 Å². The number of rotatable bonds is 3. The van der Waals surface area contributed by atoms with Crippen molar-refractivity contribution in [1.82, 2.24) is 4.98 Å². The zero-order valence-corrected chi connectivity index (χ0v) is 16.9. The van der Waals surface area contributed by atoms with E-state index in [-0.39, 0.29) is 11.8 Å². The summed E-state index contributed by atoms with van der Waals surface area (Å²) in [6, 6.07) is 18.0. The van der Waals surface area contributed by atoms with E-state index in [2.05, 4.69) is 15.6 Å². The van der Waals surface area contributed by atoms with Crippen molar-refractivity contribution in [2.45, 2.75) is 20.0 Å². The topological polar surface area (TPSA) is 93.5 Å². The first-order valence-electron chi connectivity index (χ1n) is 9.87. The van der Waals surface area contributed by atoms with Crippen molar-refractivity contribution in [2.75, 3.05) is 10.6 Å². The fourth-order valence-corrected chi connectivity index (χ4v) is 3.55. The Balaban J connectivity index is 1.51. The van der Waals surface area contributed by atoms with Gasteiger partial charge in [0, 0.05) is 11.1 Å². The molecule has 2 aromatic carbocycles. The minimum absolute atomic E-state index is 0.227. The molecule has 1 aliphatic heterocycles. The minimum Gasteiger partial charge on any atom is -0.479 e. The Kier molecular flexibility index (Phi) is 4.43. The maximum atomic E-state index is 13.2. The average Bonchev–Trinajstić information content (AvgIpc) is 3.20. The van der Waals surface area contributed by atoms with Crippen LogP contribution in [0, 0.1) is 6.92 Å². The molecule has 1 aliphatic rings. The highest BCUT2D eigenvalue weighted by atomic mass is 16.5. The summed E-state index contributed by atoms with van der Waals surface area (Å²) in [7, 11) is 0. The summed E-state index contributed by atoms with van der Waals surface area (Å²) in [4.78, 5) is 29.8. The summed E-state index contributed by atoms with van der Waals surface area (Å²) in [5.41, 5.74) is 2.81. The molecule has 0 fully saturated rings. The SMILES string of the molecule is Cc1ccc(-c2cc(C(=O)Nc3ccc4c(c3)NC(=O)C(C)O4)c3ccccc3n2)o1. The molecule has 0 bridgehead atoms. The van der Waals surface area contributed by atoms with Crippen molar-refractivity contribution < 1.29 is 18.7 Å². The molecular weight excluding hydrogens is 394 g/mol. The van der Waals surface area contributed by atoms with Crippen LogP contribution in [0.25, 0.3) is 22.4 Å². The van der Waals surface area contributed by atoms with E-state index in [1.54, 1.807) is 31.2 Å². The number of benzene rings is 2. The van der Waals surface area contributed by atoms with Gasteiger partial charge in [0.2, 0.25) is 0 Å². The summed E-state index contributed by atoms with van der Waals surface area (Å²) in [6.07, 6.45) is -0.556. The van der Waals surface area contributed by atoms with Crippen LogP contribution in [-0.4, -0.2) is 22.9 Å². The number of pyridine rings is 1. The Hall–Kier alpha value is -4.13. The number of nitrogens with one attached hydrogen (secondary N) is 2. The van der Waals surface area contributed by atoms with Crippen molar-refractivity contribution in [3.8, 4) is 17.2 Å². The molecule has 2 aromatic heterocycles. The van der Waals surface area contributed by atoms with E-state index in [1.165, 1.54) is 0 Å². The van der Waals surface area contributed by atoms with Gasteiger partial charge in [-0.15, -0.1) is 0 Å². The lowest BCUT2D eigenvalue weighted by atomic mass is 10.1. The molecule has 7 nitrogen and oxygen atoms in total. The first-order valence-corrected chi connectivity index (χ1v) is 9.87. The van der Waals surface area contributed by atoms with Gasteiger partial charge in [0.15, 0.2) is 11.9 Å². The summed E-state index contributed by atoms with van der Waals surface area (Å²) < 4.78 is 11.3. The van der Waals surface area contributed by atoms with Gasteiger partial charge < -0.3 is 19.8 Å². The van der Waals surface area contributed by atoms with Gasteiger partial charge in [-0.2, -0.15) is 0 Å². The van der Waals surface area contributed by atoms with Gasteiger partial charge in [-0.3, -0.25) is 9.59 Å². The van der Waals surface area contributed by atoms with Crippen LogP contribution >= 0.6 is 0 Å². The van der Waals surface area contributed by atoms with Crippen molar-refractivity contribution in [3.05, 3.63) is 72.0 Å². The number of carbonyl (C=O) groups excluding carboxylic acids is 2. The van der Waals surface area contributed by atoms with Gasteiger partial charge in [0.1, 0.15) is 17.2 Å². The molecule has 0 saturated heterocycles. The number of carbonyl (C=O) groups is 2. The number of aromatic nitrogens is 1. The fraction of sp³-hybridized carbons (Fsp3) is 0.125. The van der Waals surface area contributed by atoms with Crippen molar-refractivity contribution in [1.29, 1.82) is 0 Å². The summed E-state index contributed by atoms with van der Waals surface area (Å²) in [6.45, 7) is 3.54. The fourth-order valence-electron chi connectivity index (χ4n) is 3.55. The molecule has 0 saturated carbocycles. The summed E-state index contributed by atoms with van der Waals surface area (Å²) in [5.74, 6) is 1.41. The summed E-state index contributed by atoms with van der Waals surface area (Å²) >= 11 is 0. The third-order valence-electron chi connectivity index (χ3n) is 5.12. The Labute approximate surface area is 178 Å². The first-order chi connectivity index (χ1) is 15.0. The second-order valence-electron chi connectivity index (χ2n) is 7.40. The first kappa shape index (κ1) is 18.9. The van der Waals surface area contributed by atoms with Crippen LogP contribution in [0.15, 0.2) is 65.1 Å². The smallest absolute Gasteiger partial charge is 0.265 e. The number of ether oxygens (including phenoxy) is 1. The molecule has 1 unspecified atom stereocenters. The normalized spacial score (nSPS) is 15.2. The maximum absolute atomic E-state index is 13.2. The predicted octanol–water partition coefficient (Wildman–Crippen LogP) is 4.77. The molecule has 0 aliphatic carbocycles. The number of hydrogen-bond acceptors (Lipinski definition) is 5. The molecule has 0 spiro atoms. The molecular formula is C24H19N3O4. The molecule has 3 heterocycles. The lowest BCUT2D eigenvalue weighted by molar-refractivity contribution is -0.122. The molecule has 31 heavy (non-hydrogen) atoms. The van der Waals surface area contributed by atoms with E-state index in [0.717, 1.165) is 11.1 Å². The van der Waals surface area contributed by atoms with E-state index < -0.39 is 6.10 Å². The number of furan rings is 1. The number of para-hydroxylation sites is 1. The molecule has 2 N–H and O–H groups in total. The Morgan fingerprint density at radius 2 is 1.94 bits per heavy atom. The van der Waals surface area contributed by atoms with Crippen LogP contribution in [0.2, 0.25) is 0 Å². The molecule has 4 aromatic rings. The van der Waals surface area contributed by atoms with Crippen LogP contribution in [0.5, 0.6) is 5.75 Å². The molecule has 5 rings (SSSR count). The number of hydrogen-bond donors (Lipinski definition) is 2. The molecule has 7 heteroatoms. The predicted molar refractivity (Wildman–Crippen MR) is 117 cm³/mol. The number of fused-ring (bicyclic) bond motifs is 2. The number of nitrogens with zero attached hydrogens (tertiary/aromatic N) is 1. The van der Waals surface area contributed by atoms with Crippen molar-refractivity contribution in [3.63, 3.8) is 0 Å². The monoisotopic (exact) mass is 413 g/mol. The summed E-state index contributed by atoms with van der Waals surface area (Å²) in [5, 5.41) is 6.43. The maximum Gasteiger partial charge on any atom is 0.265 e. The lowest BCUT2D eigenvalue weighted by Crippen LogP contribution is -2.34. The van der Waals surface area contributed by atoms with Crippen LogP contribution in [0.4, 0.5) is 11.4 Å². The lowest BCUT2D eigenvalue weighted by Gasteiger charge is -2.23. The number of anilines is 2. The second-order valence-corrected chi connectivity index (χ2v) is 7.40. The van der Waals surface area contributed by atoms with E-state index in [1.807, 2.05) is 43.3 Å². The number of amides is 2. The van der Waals surface area contributed by atoms with Gasteiger partial charge in [0.25, 0.3) is 11.8 Å². The van der Waals surface area contributed by atoms with Crippen LogP contribution in [0.3, 0.4) is 0 Å². The zero-order valence-electron chi connectivity index (χ0n) is 16.9. The Morgan fingerprint density at radius 3 is 2.74 bits per heavy atom. The van der Waals surface area contributed by atoms with Gasteiger partial charge in [-0.05, 0) is 56.3 Å². The van der Waals surface area contributed by atoms with E-state index >= 15 is 0 Å².